The van der Waals surface area contributed by atoms with Gasteiger partial charge in [0, 0.05) is 24.9 Å². The van der Waals surface area contributed by atoms with Crippen LogP contribution in [0, 0.1) is 5.92 Å². The van der Waals surface area contributed by atoms with Crippen LogP contribution in [0.2, 0.25) is 0 Å². The van der Waals surface area contributed by atoms with E-state index in [9.17, 15) is 4.79 Å². The molecule has 3 aromatic rings. The first kappa shape index (κ1) is 9.40. The predicted molar refractivity (Wildman–Crippen MR) is 127 cm³/mol. The SMILES string of the molecule is [2H]c1c([2H])c([2H])c(C(C(N)=O)(c2c([2H])c([2H])c([2H])c([2H])c2[2H])[C@@H]2CCN(C([2H])([2H])C([2H])([2H])c3ccc4c(c3)CC([2H])([2H])O4)C2)c([2H])c1[2H]. The van der Waals surface area contributed by atoms with Crippen LogP contribution >= 0.6 is 0 Å². The van der Waals surface area contributed by atoms with Crippen molar-refractivity contribution in [2.24, 2.45) is 11.7 Å². The molecule has 2 N–H and O–H groups in total. The number of hydrogen-bond donors (Lipinski definition) is 1. The Hall–Kier alpha value is -3.11. The van der Waals surface area contributed by atoms with Gasteiger partial charge in [-0.3, -0.25) is 4.79 Å². The third-order valence-corrected chi connectivity index (χ3v) is 5.84. The van der Waals surface area contributed by atoms with Gasteiger partial charge < -0.3 is 15.4 Å². The fraction of sp³-hybridized carbons (Fsp3) is 0.321. The smallest absolute Gasteiger partial charge is 0.232 e. The van der Waals surface area contributed by atoms with E-state index >= 15 is 0 Å². The Morgan fingerprint density at radius 2 is 1.84 bits per heavy atom. The van der Waals surface area contributed by atoms with Crippen molar-refractivity contribution >= 4 is 5.91 Å². The second-order valence-corrected chi connectivity index (χ2v) is 7.59. The molecule has 1 atom stereocenters. The van der Waals surface area contributed by atoms with Crippen LogP contribution in [0.1, 0.15) is 50.6 Å². The van der Waals surface area contributed by atoms with Gasteiger partial charge in [-0.2, -0.15) is 0 Å². The molecule has 2 aliphatic heterocycles. The number of nitrogens with two attached hydrogens (primary N) is 1. The Morgan fingerprint density at radius 3 is 2.50 bits per heavy atom. The summed E-state index contributed by atoms with van der Waals surface area (Å²) in [5.41, 5.74) is 2.02. The molecule has 32 heavy (non-hydrogen) atoms. The van der Waals surface area contributed by atoms with E-state index in [1.807, 2.05) is 0 Å². The molecular weight excluding hydrogens is 396 g/mol. The van der Waals surface area contributed by atoms with E-state index in [0.717, 1.165) is 4.90 Å². The van der Waals surface area contributed by atoms with Crippen LogP contribution in [0.4, 0.5) is 0 Å². The number of hydrogen-bond acceptors (Lipinski definition) is 3. The van der Waals surface area contributed by atoms with Gasteiger partial charge in [-0.25, -0.2) is 0 Å². The van der Waals surface area contributed by atoms with Crippen LogP contribution in [-0.4, -0.2) is 37.0 Å². The summed E-state index contributed by atoms with van der Waals surface area (Å²) < 4.78 is 141. The minimum absolute atomic E-state index is 0.145. The lowest BCUT2D eigenvalue weighted by molar-refractivity contribution is -0.123. The van der Waals surface area contributed by atoms with E-state index in [4.69, 9.17) is 32.4 Å². The first-order chi connectivity index (χ1) is 22.0. The minimum Gasteiger partial charge on any atom is -0.493 e. The molecule has 0 unspecified atom stereocenters. The monoisotopic (exact) mass is 442 g/mol. The summed E-state index contributed by atoms with van der Waals surface area (Å²) in [7, 11) is 0. The number of likely N-dealkylation sites (tertiary alicyclic amines) is 1. The maximum Gasteiger partial charge on any atom is 0.232 e. The summed E-state index contributed by atoms with van der Waals surface area (Å²) in [6.45, 7) is -5.73. The summed E-state index contributed by atoms with van der Waals surface area (Å²) >= 11 is 0. The molecule has 0 radical (unpaired) electrons. The third-order valence-electron chi connectivity index (χ3n) is 5.84. The van der Waals surface area contributed by atoms with Crippen molar-refractivity contribution in [3.05, 3.63) is 101 Å². The summed E-state index contributed by atoms with van der Waals surface area (Å²) in [5.74, 6) is -2.61. The zero-order valence-electron chi connectivity index (χ0n) is 33.0. The lowest BCUT2D eigenvalue weighted by Gasteiger charge is -2.37. The van der Waals surface area contributed by atoms with Gasteiger partial charge in [0.15, 0.2) is 0 Å². The number of nitrogens with zero attached hydrogens (tertiary/aromatic N) is 1. The number of fused-ring (bicyclic) bond motifs is 1. The van der Waals surface area contributed by atoms with Crippen molar-refractivity contribution in [3.63, 3.8) is 0 Å². The number of benzene rings is 3. The molecule has 2 aliphatic rings. The largest absolute Gasteiger partial charge is 0.493 e. The standard InChI is InChI=1S/C28H30N2O2/c29-27(31)28(23-7-3-1-4-8-23,24-9-5-2-6-10-24)25-14-17-30(20-25)16-13-21-11-12-26-22(19-21)15-18-32-26/h1-12,19,25H,13-18,20H2,(H2,29,31)/t25-/m1/s1/i1D,2D,3D,4D,5D,6D,7D,8D,9D,10D,13D2,16D2,18D2. The fourth-order valence-corrected chi connectivity index (χ4v) is 4.32. The summed E-state index contributed by atoms with van der Waals surface area (Å²) in [6, 6.07) is -4.91. The van der Waals surface area contributed by atoms with Crippen molar-refractivity contribution in [1.29, 1.82) is 0 Å². The van der Waals surface area contributed by atoms with Gasteiger partial charge in [-0.15, -0.1) is 0 Å². The number of amides is 1. The molecule has 1 saturated heterocycles. The van der Waals surface area contributed by atoms with Crippen LogP contribution in [0.3, 0.4) is 0 Å². The third kappa shape index (κ3) is 3.69. The van der Waals surface area contributed by atoms with Gasteiger partial charge in [0.1, 0.15) is 11.2 Å². The quantitative estimate of drug-likeness (QED) is 0.603. The van der Waals surface area contributed by atoms with Crippen LogP contribution in [0.5, 0.6) is 5.75 Å². The van der Waals surface area contributed by atoms with E-state index in [2.05, 4.69) is 0 Å². The highest BCUT2D eigenvalue weighted by Gasteiger charge is 2.49. The molecule has 2 heterocycles. The maximum atomic E-state index is 13.9. The van der Waals surface area contributed by atoms with Gasteiger partial charge >= 0.3 is 0 Å². The number of rotatable bonds is 7. The Labute approximate surface area is 212 Å². The normalized spacial score (nSPS) is 27.9. The fourth-order valence-electron chi connectivity index (χ4n) is 4.32. The molecule has 0 aliphatic carbocycles. The van der Waals surface area contributed by atoms with Gasteiger partial charge in [0.25, 0.3) is 0 Å². The first-order valence-electron chi connectivity index (χ1n) is 18.1. The summed E-state index contributed by atoms with van der Waals surface area (Å²) in [4.78, 5) is 14.9. The number of primary amides is 1. The molecule has 0 aromatic heterocycles. The predicted octanol–water partition coefficient (Wildman–Crippen LogP) is 3.96. The molecule has 1 amide bonds. The molecule has 5 rings (SSSR count). The number of carbonyl (C=O) groups excluding carboxylic acids is 1. The van der Waals surface area contributed by atoms with E-state index in [1.165, 1.54) is 18.2 Å². The van der Waals surface area contributed by atoms with Crippen molar-refractivity contribution in [3.8, 4) is 5.75 Å². The highest BCUT2D eigenvalue weighted by Crippen LogP contribution is 2.43. The first-order valence-corrected chi connectivity index (χ1v) is 10.1. The molecule has 0 bridgehead atoms. The second-order valence-electron chi connectivity index (χ2n) is 7.59. The van der Waals surface area contributed by atoms with E-state index in [-0.39, 0.29) is 30.7 Å². The molecule has 4 nitrogen and oxygen atoms in total. The molecular formula is C28H30N2O2. The Bertz CT molecular complexity index is 1740. The maximum absolute atomic E-state index is 13.9. The minimum atomic E-state index is -2.86. The number of aryl methyl sites for hydroxylation is 2. The van der Waals surface area contributed by atoms with Gasteiger partial charge in [-0.05, 0) is 53.6 Å². The highest BCUT2D eigenvalue weighted by molar-refractivity contribution is 5.91. The summed E-state index contributed by atoms with van der Waals surface area (Å²) in [5, 5.41) is 0. The molecule has 1 fully saturated rings. The second kappa shape index (κ2) is 8.79. The van der Waals surface area contributed by atoms with Crippen molar-refractivity contribution < 1.29 is 31.5 Å². The van der Waals surface area contributed by atoms with Crippen LogP contribution in [-0.2, 0) is 23.0 Å². The molecule has 0 saturated carbocycles. The molecule has 3 aromatic carbocycles. The van der Waals surface area contributed by atoms with Gasteiger partial charge in [-0.1, -0.05) is 72.6 Å². The summed E-state index contributed by atoms with van der Waals surface area (Å²) in [6.07, 6.45) is -3.21. The van der Waals surface area contributed by atoms with E-state index in [0.29, 0.717) is 5.56 Å². The van der Waals surface area contributed by atoms with Crippen LogP contribution in [0.25, 0.3) is 0 Å². The Morgan fingerprint density at radius 1 is 1.16 bits per heavy atom. The van der Waals surface area contributed by atoms with Gasteiger partial charge in [0.05, 0.1) is 23.0 Å². The molecule has 0 spiro atoms. The van der Waals surface area contributed by atoms with E-state index < -0.39 is 115 Å². The zero-order valence-corrected chi connectivity index (χ0v) is 17.0. The number of ether oxygens (including phenoxy) is 1. The average molecular weight is 443 g/mol. The van der Waals surface area contributed by atoms with Crippen molar-refractivity contribution in [2.75, 3.05) is 26.1 Å². The molecule has 4 heteroatoms. The van der Waals surface area contributed by atoms with E-state index in [1.54, 1.807) is 0 Å². The Kier molecular flexibility index (Phi) is 2.58. The number of carbonyl (C=O) groups is 1. The average Bonchev–Trinajstić information content (AvgIpc) is 3.63. The molecule has 164 valence electrons. The van der Waals surface area contributed by atoms with Crippen molar-refractivity contribution in [2.45, 2.75) is 24.6 Å². The Balaban J connectivity index is 1.71. The zero-order chi connectivity index (χ0) is 36.0. The lowest BCUT2D eigenvalue weighted by atomic mass is 9.64. The van der Waals surface area contributed by atoms with Crippen LogP contribution < -0.4 is 10.5 Å². The lowest BCUT2D eigenvalue weighted by Crippen LogP contribution is -2.49. The topological polar surface area (TPSA) is 55.6 Å². The highest BCUT2D eigenvalue weighted by atomic mass is 16.5. The van der Waals surface area contributed by atoms with Gasteiger partial charge in [0.2, 0.25) is 5.91 Å². The van der Waals surface area contributed by atoms with Crippen molar-refractivity contribution in [1.82, 2.24) is 4.90 Å². The van der Waals surface area contributed by atoms with Crippen LogP contribution in [0.15, 0.2) is 78.6 Å².